The summed E-state index contributed by atoms with van der Waals surface area (Å²) in [5.41, 5.74) is -0.294. The number of rotatable bonds is 5. The van der Waals surface area contributed by atoms with Crippen molar-refractivity contribution in [2.75, 3.05) is 0 Å². The minimum absolute atomic E-state index is 0.0165. The summed E-state index contributed by atoms with van der Waals surface area (Å²) in [6.07, 6.45) is -3.42. The van der Waals surface area contributed by atoms with Crippen molar-refractivity contribution in [2.24, 2.45) is 0 Å². The maximum absolute atomic E-state index is 13.9. The molecule has 0 spiro atoms. The fraction of sp³-hybridized carbons (Fsp3) is 0.333. The second-order valence-corrected chi connectivity index (χ2v) is 6.10. The van der Waals surface area contributed by atoms with Gasteiger partial charge in [0.1, 0.15) is 11.6 Å². The second-order valence-electron chi connectivity index (χ2n) is 5.66. The van der Waals surface area contributed by atoms with Crippen molar-refractivity contribution in [3.63, 3.8) is 0 Å². The van der Waals surface area contributed by atoms with Gasteiger partial charge in [-0.25, -0.2) is 8.78 Å². The van der Waals surface area contributed by atoms with Crippen LogP contribution in [0.3, 0.4) is 0 Å². The monoisotopic (exact) mass is 362 g/mol. The van der Waals surface area contributed by atoms with Crippen LogP contribution < -0.4 is 0 Å². The van der Waals surface area contributed by atoms with Crippen LogP contribution in [0.5, 0.6) is 0 Å². The SMILES string of the molecule is Cc1ccc(F)c(CCCCc2cc(Cl)ccc2C(F)(F)F)c1F. The van der Waals surface area contributed by atoms with Gasteiger partial charge in [0.05, 0.1) is 5.56 Å². The molecule has 0 aromatic heterocycles. The van der Waals surface area contributed by atoms with E-state index in [0.29, 0.717) is 18.4 Å². The highest BCUT2D eigenvalue weighted by atomic mass is 35.5. The van der Waals surface area contributed by atoms with Gasteiger partial charge in [-0.05, 0) is 68.0 Å². The van der Waals surface area contributed by atoms with Gasteiger partial charge in [0.15, 0.2) is 0 Å². The lowest BCUT2D eigenvalue weighted by atomic mass is 9.98. The summed E-state index contributed by atoms with van der Waals surface area (Å²) < 4.78 is 66.4. The van der Waals surface area contributed by atoms with Crippen LogP contribution in [0.4, 0.5) is 22.0 Å². The Morgan fingerprint density at radius 3 is 2.29 bits per heavy atom. The molecule has 0 aliphatic rings. The molecule has 0 fully saturated rings. The van der Waals surface area contributed by atoms with Crippen LogP contribution in [0, 0.1) is 18.6 Å². The number of halogens is 6. The van der Waals surface area contributed by atoms with Crippen LogP contribution in [0.25, 0.3) is 0 Å². The van der Waals surface area contributed by atoms with Gasteiger partial charge < -0.3 is 0 Å². The van der Waals surface area contributed by atoms with Crippen molar-refractivity contribution in [3.8, 4) is 0 Å². The predicted molar refractivity (Wildman–Crippen MR) is 84.2 cm³/mol. The second kappa shape index (κ2) is 7.51. The van der Waals surface area contributed by atoms with Crippen molar-refractivity contribution in [2.45, 2.75) is 38.8 Å². The van der Waals surface area contributed by atoms with E-state index >= 15 is 0 Å². The standard InChI is InChI=1S/C18H16ClF5/c1-11-6-9-16(20)14(17(11)21)5-3-2-4-12-10-13(19)7-8-15(12)18(22,23)24/h6-10H,2-5H2,1H3. The van der Waals surface area contributed by atoms with E-state index in [-0.39, 0.29) is 29.0 Å². The molecule has 0 aliphatic carbocycles. The van der Waals surface area contributed by atoms with Crippen LogP contribution in [0.15, 0.2) is 30.3 Å². The molecule has 2 rings (SSSR count). The summed E-state index contributed by atoms with van der Waals surface area (Å²) in [4.78, 5) is 0. The average molecular weight is 363 g/mol. The van der Waals surface area contributed by atoms with E-state index in [1.807, 2.05) is 0 Å². The van der Waals surface area contributed by atoms with Gasteiger partial charge in [-0.3, -0.25) is 0 Å². The summed E-state index contributed by atoms with van der Waals surface area (Å²) in [6, 6.07) is 6.00. The Kier molecular flexibility index (Phi) is 5.86. The Hall–Kier alpha value is -1.62. The number of aryl methyl sites for hydroxylation is 2. The molecule has 0 atom stereocenters. The third kappa shape index (κ3) is 4.47. The molecule has 2 aromatic rings. The highest BCUT2D eigenvalue weighted by Gasteiger charge is 2.32. The molecule has 0 saturated heterocycles. The largest absolute Gasteiger partial charge is 0.416 e. The summed E-state index contributed by atoms with van der Waals surface area (Å²) in [6.45, 7) is 1.54. The van der Waals surface area contributed by atoms with Gasteiger partial charge in [-0.1, -0.05) is 17.7 Å². The molecular weight excluding hydrogens is 347 g/mol. The zero-order valence-electron chi connectivity index (χ0n) is 13.0. The van der Waals surface area contributed by atoms with Gasteiger partial charge in [0.25, 0.3) is 0 Å². The summed E-state index contributed by atoms with van der Waals surface area (Å²) >= 11 is 5.77. The minimum Gasteiger partial charge on any atom is -0.207 e. The maximum atomic E-state index is 13.9. The smallest absolute Gasteiger partial charge is 0.207 e. The molecule has 6 heteroatoms. The molecule has 2 aromatic carbocycles. The Morgan fingerprint density at radius 1 is 0.958 bits per heavy atom. The van der Waals surface area contributed by atoms with Crippen molar-refractivity contribution < 1.29 is 22.0 Å². The van der Waals surface area contributed by atoms with E-state index in [0.717, 1.165) is 6.07 Å². The molecule has 0 heterocycles. The Balaban J connectivity index is 2.03. The number of unbranched alkanes of at least 4 members (excludes halogenated alkanes) is 1. The molecule has 0 saturated carbocycles. The summed E-state index contributed by atoms with van der Waals surface area (Å²) in [5.74, 6) is -1.22. The van der Waals surface area contributed by atoms with Crippen LogP contribution >= 0.6 is 11.6 Å². The first-order valence-electron chi connectivity index (χ1n) is 7.49. The van der Waals surface area contributed by atoms with E-state index in [9.17, 15) is 22.0 Å². The van der Waals surface area contributed by atoms with Gasteiger partial charge in [0, 0.05) is 10.6 Å². The quantitative estimate of drug-likeness (QED) is 0.420. The van der Waals surface area contributed by atoms with Crippen molar-refractivity contribution in [1.82, 2.24) is 0 Å². The number of benzene rings is 2. The topological polar surface area (TPSA) is 0 Å². The lowest BCUT2D eigenvalue weighted by Gasteiger charge is -2.13. The van der Waals surface area contributed by atoms with Gasteiger partial charge in [-0.15, -0.1) is 0 Å². The zero-order chi connectivity index (χ0) is 17.9. The molecule has 0 amide bonds. The normalized spacial score (nSPS) is 11.8. The first-order valence-corrected chi connectivity index (χ1v) is 7.87. The zero-order valence-corrected chi connectivity index (χ0v) is 13.7. The number of alkyl halides is 3. The fourth-order valence-electron chi connectivity index (χ4n) is 2.61. The number of hydrogen-bond donors (Lipinski definition) is 0. The molecule has 0 N–H and O–H groups in total. The van der Waals surface area contributed by atoms with Crippen LogP contribution in [0.1, 0.15) is 35.1 Å². The van der Waals surface area contributed by atoms with Crippen molar-refractivity contribution in [3.05, 3.63) is 69.2 Å². The van der Waals surface area contributed by atoms with Crippen molar-refractivity contribution >= 4 is 11.6 Å². The average Bonchev–Trinajstić information content (AvgIpc) is 2.49. The van der Waals surface area contributed by atoms with Crippen LogP contribution in [-0.2, 0) is 19.0 Å². The Morgan fingerprint density at radius 2 is 1.62 bits per heavy atom. The summed E-state index contributed by atoms with van der Waals surface area (Å²) in [5, 5.41) is 0.230. The third-order valence-electron chi connectivity index (χ3n) is 3.87. The summed E-state index contributed by atoms with van der Waals surface area (Å²) in [7, 11) is 0. The molecule has 0 aliphatic heterocycles. The molecule has 0 nitrogen and oxygen atoms in total. The maximum Gasteiger partial charge on any atom is 0.416 e. The lowest BCUT2D eigenvalue weighted by molar-refractivity contribution is -0.138. The minimum atomic E-state index is -4.45. The number of hydrogen-bond acceptors (Lipinski definition) is 0. The van der Waals surface area contributed by atoms with Crippen molar-refractivity contribution in [1.29, 1.82) is 0 Å². The molecular formula is C18H16ClF5. The molecule has 0 radical (unpaired) electrons. The lowest BCUT2D eigenvalue weighted by Crippen LogP contribution is -2.09. The Labute approximate surface area is 142 Å². The van der Waals surface area contributed by atoms with Crippen LogP contribution in [-0.4, -0.2) is 0 Å². The predicted octanol–water partition coefficient (Wildman–Crippen LogP) is 6.51. The first-order chi connectivity index (χ1) is 11.2. The highest BCUT2D eigenvalue weighted by Crippen LogP contribution is 2.34. The third-order valence-corrected chi connectivity index (χ3v) is 4.11. The van der Waals surface area contributed by atoms with E-state index < -0.39 is 23.4 Å². The van der Waals surface area contributed by atoms with E-state index in [4.69, 9.17) is 11.6 Å². The van der Waals surface area contributed by atoms with Gasteiger partial charge in [-0.2, -0.15) is 13.2 Å². The van der Waals surface area contributed by atoms with E-state index in [1.165, 1.54) is 24.3 Å². The van der Waals surface area contributed by atoms with Crippen LogP contribution in [0.2, 0.25) is 5.02 Å². The first kappa shape index (κ1) is 18.7. The molecule has 0 bridgehead atoms. The molecule has 130 valence electrons. The van der Waals surface area contributed by atoms with Gasteiger partial charge in [0.2, 0.25) is 0 Å². The van der Waals surface area contributed by atoms with E-state index in [2.05, 4.69) is 0 Å². The molecule has 0 unspecified atom stereocenters. The Bertz CT molecular complexity index is 722. The molecule has 24 heavy (non-hydrogen) atoms. The van der Waals surface area contributed by atoms with E-state index in [1.54, 1.807) is 6.92 Å². The highest BCUT2D eigenvalue weighted by molar-refractivity contribution is 6.30. The van der Waals surface area contributed by atoms with Gasteiger partial charge >= 0.3 is 6.18 Å². The fourth-order valence-corrected chi connectivity index (χ4v) is 2.80.